The summed E-state index contributed by atoms with van der Waals surface area (Å²) in [5.41, 5.74) is 1.76. The van der Waals surface area contributed by atoms with Crippen molar-refractivity contribution < 1.29 is 14.4 Å². The lowest BCUT2D eigenvalue weighted by molar-refractivity contribution is -0.114. The van der Waals surface area contributed by atoms with Gasteiger partial charge in [0.15, 0.2) is 0 Å². The van der Waals surface area contributed by atoms with Gasteiger partial charge in [0, 0.05) is 36.6 Å². The highest BCUT2D eigenvalue weighted by atomic mass is 16.2. The number of carbonyl (C=O) groups is 3. The zero-order valence-corrected chi connectivity index (χ0v) is 15.7. The lowest BCUT2D eigenvalue weighted by atomic mass is 10.1. The molecule has 0 fully saturated rings. The first-order valence-electron chi connectivity index (χ1n) is 8.78. The molecule has 7 heteroatoms. The van der Waals surface area contributed by atoms with Crippen LogP contribution in [0.1, 0.15) is 48.0 Å². The van der Waals surface area contributed by atoms with E-state index in [4.69, 9.17) is 0 Å². The van der Waals surface area contributed by atoms with Gasteiger partial charge in [-0.25, -0.2) is 0 Å². The Morgan fingerprint density at radius 3 is 2.19 bits per heavy atom. The largest absolute Gasteiger partial charge is 0.351 e. The Bertz CT molecular complexity index is 816. The Hall–Kier alpha value is -3.22. The van der Waals surface area contributed by atoms with Gasteiger partial charge in [0.1, 0.15) is 5.69 Å². The van der Waals surface area contributed by atoms with Crippen LogP contribution in [0.3, 0.4) is 0 Å². The van der Waals surface area contributed by atoms with Crippen LogP contribution in [0.25, 0.3) is 0 Å². The van der Waals surface area contributed by atoms with Gasteiger partial charge in [-0.05, 0) is 48.7 Å². The predicted molar refractivity (Wildman–Crippen MR) is 105 cm³/mol. The van der Waals surface area contributed by atoms with E-state index >= 15 is 0 Å². The van der Waals surface area contributed by atoms with E-state index in [1.807, 2.05) is 0 Å². The highest BCUT2D eigenvalue weighted by molar-refractivity contribution is 6.05. The van der Waals surface area contributed by atoms with Gasteiger partial charge in [-0.1, -0.05) is 13.8 Å². The van der Waals surface area contributed by atoms with Gasteiger partial charge in [-0.2, -0.15) is 0 Å². The zero-order valence-electron chi connectivity index (χ0n) is 15.7. The summed E-state index contributed by atoms with van der Waals surface area (Å²) in [7, 11) is 0. The standard InChI is InChI=1S/C20H24N4O3/c1-13(2)8-10-22-20(27)18-12-15(9-11-21-18)19(26)24-17-6-4-16(5-7-17)23-14(3)25/h4-7,9,11-13H,8,10H2,1-3H3,(H,22,27)(H,23,25)(H,24,26). The summed E-state index contributed by atoms with van der Waals surface area (Å²) in [6.45, 7) is 6.15. The molecular weight excluding hydrogens is 344 g/mol. The Morgan fingerprint density at radius 1 is 0.963 bits per heavy atom. The van der Waals surface area contributed by atoms with Crippen molar-refractivity contribution in [1.29, 1.82) is 0 Å². The average Bonchev–Trinajstić information content (AvgIpc) is 2.62. The smallest absolute Gasteiger partial charge is 0.269 e. The van der Waals surface area contributed by atoms with Crippen molar-refractivity contribution >= 4 is 29.1 Å². The van der Waals surface area contributed by atoms with Crippen LogP contribution in [-0.2, 0) is 4.79 Å². The Kier molecular flexibility index (Phi) is 7.05. The van der Waals surface area contributed by atoms with E-state index in [1.54, 1.807) is 30.3 Å². The fraction of sp³-hybridized carbons (Fsp3) is 0.300. The second-order valence-electron chi connectivity index (χ2n) is 6.58. The summed E-state index contributed by atoms with van der Waals surface area (Å²) >= 11 is 0. The van der Waals surface area contributed by atoms with Gasteiger partial charge in [0.2, 0.25) is 5.91 Å². The van der Waals surface area contributed by atoms with E-state index in [2.05, 4.69) is 34.8 Å². The maximum atomic E-state index is 12.4. The van der Waals surface area contributed by atoms with E-state index in [1.165, 1.54) is 19.2 Å². The quantitative estimate of drug-likeness (QED) is 0.699. The minimum absolute atomic E-state index is 0.164. The summed E-state index contributed by atoms with van der Waals surface area (Å²) in [6.07, 6.45) is 2.31. The molecule has 1 aromatic carbocycles. The number of amides is 3. The molecule has 0 spiro atoms. The molecule has 0 atom stereocenters. The lowest BCUT2D eigenvalue weighted by Gasteiger charge is -2.09. The van der Waals surface area contributed by atoms with E-state index < -0.39 is 0 Å². The van der Waals surface area contributed by atoms with Gasteiger partial charge in [-0.15, -0.1) is 0 Å². The number of benzene rings is 1. The number of carbonyl (C=O) groups excluding carboxylic acids is 3. The molecule has 0 aliphatic heterocycles. The molecule has 142 valence electrons. The number of pyridine rings is 1. The summed E-state index contributed by atoms with van der Waals surface area (Å²) in [5, 5.41) is 8.21. The molecule has 2 rings (SSSR count). The molecule has 0 radical (unpaired) electrons. The molecule has 0 aliphatic rings. The summed E-state index contributed by atoms with van der Waals surface area (Å²) in [5.74, 6) is -0.318. The molecule has 0 unspecified atom stereocenters. The molecule has 1 heterocycles. The average molecular weight is 368 g/mol. The van der Waals surface area contributed by atoms with Crippen molar-refractivity contribution in [2.75, 3.05) is 17.2 Å². The number of hydrogen-bond acceptors (Lipinski definition) is 4. The van der Waals surface area contributed by atoms with Crippen LogP contribution in [-0.4, -0.2) is 29.3 Å². The number of aromatic nitrogens is 1. The van der Waals surface area contributed by atoms with E-state index in [9.17, 15) is 14.4 Å². The van der Waals surface area contributed by atoms with Crippen LogP contribution in [0.5, 0.6) is 0 Å². The number of hydrogen-bond donors (Lipinski definition) is 3. The van der Waals surface area contributed by atoms with Crippen molar-refractivity contribution in [1.82, 2.24) is 10.3 Å². The van der Waals surface area contributed by atoms with Crippen LogP contribution in [0.15, 0.2) is 42.6 Å². The Morgan fingerprint density at radius 2 is 1.59 bits per heavy atom. The molecule has 0 aliphatic carbocycles. The first kappa shape index (κ1) is 20.1. The predicted octanol–water partition coefficient (Wildman–Crippen LogP) is 3.07. The first-order chi connectivity index (χ1) is 12.8. The minimum atomic E-state index is -0.346. The van der Waals surface area contributed by atoms with Gasteiger partial charge >= 0.3 is 0 Å². The fourth-order valence-electron chi connectivity index (χ4n) is 2.30. The third-order valence-electron chi connectivity index (χ3n) is 3.73. The molecule has 27 heavy (non-hydrogen) atoms. The van der Waals surface area contributed by atoms with E-state index in [-0.39, 0.29) is 23.4 Å². The maximum absolute atomic E-state index is 12.4. The normalized spacial score (nSPS) is 10.4. The van der Waals surface area contributed by atoms with Gasteiger partial charge in [-0.3, -0.25) is 19.4 Å². The molecule has 0 saturated carbocycles. The van der Waals surface area contributed by atoms with Crippen molar-refractivity contribution in [2.45, 2.75) is 27.2 Å². The number of rotatable bonds is 7. The summed E-state index contributed by atoms with van der Waals surface area (Å²) in [4.78, 5) is 39.6. The second-order valence-corrected chi connectivity index (χ2v) is 6.58. The van der Waals surface area contributed by atoms with Crippen molar-refractivity contribution in [3.05, 3.63) is 53.9 Å². The molecule has 3 amide bonds. The Labute approximate surface area is 158 Å². The molecule has 3 N–H and O–H groups in total. The lowest BCUT2D eigenvalue weighted by Crippen LogP contribution is -2.26. The molecule has 0 bridgehead atoms. The minimum Gasteiger partial charge on any atom is -0.351 e. The molecular formula is C20H24N4O3. The van der Waals surface area contributed by atoms with Crippen LogP contribution in [0.2, 0.25) is 0 Å². The number of anilines is 2. The van der Waals surface area contributed by atoms with Crippen LogP contribution < -0.4 is 16.0 Å². The van der Waals surface area contributed by atoms with E-state index in [0.717, 1.165) is 6.42 Å². The SMILES string of the molecule is CC(=O)Nc1ccc(NC(=O)c2ccnc(C(=O)NCCC(C)C)c2)cc1. The fourth-order valence-corrected chi connectivity index (χ4v) is 2.30. The topological polar surface area (TPSA) is 100 Å². The van der Waals surface area contributed by atoms with Crippen molar-refractivity contribution in [3.8, 4) is 0 Å². The molecule has 0 saturated heterocycles. The highest BCUT2D eigenvalue weighted by Crippen LogP contribution is 2.15. The third-order valence-corrected chi connectivity index (χ3v) is 3.73. The molecule has 2 aromatic rings. The van der Waals surface area contributed by atoms with Crippen LogP contribution >= 0.6 is 0 Å². The number of nitrogens with zero attached hydrogens (tertiary/aromatic N) is 1. The van der Waals surface area contributed by atoms with Crippen molar-refractivity contribution in [2.24, 2.45) is 5.92 Å². The zero-order chi connectivity index (χ0) is 19.8. The molecule has 1 aromatic heterocycles. The maximum Gasteiger partial charge on any atom is 0.269 e. The Balaban J connectivity index is 2.00. The second kappa shape index (κ2) is 9.47. The van der Waals surface area contributed by atoms with E-state index in [0.29, 0.717) is 29.4 Å². The van der Waals surface area contributed by atoms with Gasteiger partial charge in [0.05, 0.1) is 0 Å². The van der Waals surface area contributed by atoms with Gasteiger partial charge < -0.3 is 16.0 Å². The monoisotopic (exact) mass is 368 g/mol. The summed E-state index contributed by atoms with van der Waals surface area (Å²) < 4.78 is 0. The third kappa shape index (κ3) is 6.54. The first-order valence-corrected chi connectivity index (χ1v) is 8.78. The van der Waals surface area contributed by atoms with Crippen molar-refractivity contribution in [3.63, 3.8) is 0 Å². The molecule has 7 nitrogen and oxygen atoms in total. The van der Waals surface area contributed by atoms with Gasteiger partial charge in [0.25, 0.3) is 11.8 Å². The highest BCUT2D eigenvalue weighted by Gasteiger charge is 2.12. The van der Waals surface area contributed by atoms with Crippen LogP contribution in [0, 0.1) is 5.92 Å². The number of nitrogens with one attached hydrogen (secondary N) is 3. The summed E-state index contributed by atoms with van der Waals surface area (Å²) in [6, 6.07) is 9.76. The van der Waals surface area contributed by atoms with Crippen LogP contribution in [0.4, 0.5) is 11.4 Å².